The minimum atomic E-state index is -0.671. The summed E-state index contributed by atoms with van der Waals surface area (Å²) in [7, 11) is 0. The van der Waals surface area contributed by atoms with E-state index in [1.54, 1.807) is 24.3 Å². The molecule has 2 atom stereocenters. The molecule has 0 aliphatic carbocycles. The van der Waals surface area contributed by atoms with Crippen molar-refractivity contribution < 1.29 is 13.6 Å². The van der Waals surface area contributed by atoms with E-state index in [-0.39, 0.29) is 29.3 Å². The third-order valence-corrected chi connectivity index (χ3v) is 4.67. The molecule has 0 aliphatic heterocycles. The molecule has 0 saturated carbocycles. The molecule has 25 heavy (non-hydrogen) atoms. The molecule has 2 unspecified atom stereocenters. The van der Waals surface area contributed by atoms with E-state index in [1.807, 2.05) is 13.0 Å². The second-order valence-corrected chi connectivity index (χ2v) is 6.69. The fraction of sp³-hybridized carbons (Fsp3) is 0.278. The van der Waals surface area contributed by atoms with Crippen molar-refractivity contribution in [3.8, 4) is 0 Å². The van der Waals surface area contributed by atoms with Gasteiger partial charge in [0, 0.05) is 17.5 Å². The maximum absolute atomic E-state index is 13.9. The number of hydrogen-bond acceptors (Lipinski definition) is 3. The summed E-state index contributed by atoms with van der Waals surface area (Å²) in [5.41, 5.74) is 6.40. The van der Waals surface area contributed by atoms with E-state index >= 15 is 0 Å². The van der Waals surface area contributed by atoms with E-state index in [0.29, 0.717) is 13.0 Å². The van der Waals surface area contributed by atoms with Gasteiger partial charge in [-0.2, -0.15) is 0 Å². The molecule has 136 valence electrons. The van der Waals surface area contributed by atoms with E-state index < -0.39 is 16.9 Å². The van der Waals surface area contributed by atoms with Crippen LogP contribution in [0.5, 0.6) is 0 Å². The highest BCUT2D eigenvalue weighted by molar-refractivity contribution is 8.00. The number of benzene rings is 2. The number of carbonyl (C=O) groups excluding carboxylic acids is 1. The van der Waals surface area contributed by atoms with Gasteiger partial charge in [0.05, 0.1) is 0 Å². The maximum Gasteiger partial charge on any atom is 0.237 e. The molecule has 0 radical (unpaired) electrons. The van der Waals surface area contributed by atoms with Gasteiger partial charge in [-0.1, -0.05) is 30.3 Å². The molecule has 3 N–H and O–H groups in total. The lowest BCUT2D eigenvalue weighted by molar-refractivity contribution is -0.120. The molecule has 0 fully saturated rings. The lowest BCUT2D eigenvalue weighted by atomic mass is 10.1. The molecule has 0 aliphatic rings. The summed E-state index contributed by atoms with van der Waals surface area (Å²) in [5, 5.41) is 2.14. The van der Waals surface area contributed by atoms with E-state index in [2.05, 4.69) is 5.32 Å². The first-order valence-electron chi connectivity index (χ1n) is 7.67. The molecule has 0 spiro atoms. The fourth-order valence-corrected chi connectivity index (χ4v) is 3.21. The molecule has 3 nitrogen and oxygen atoms in total. The van der Waals surface area contributed by atoms with Crippen molar-refractivity contribution in [2.75, 3.05) is 6.54 Å². The monoisotopic (exact) mass is 386 g/mol. The summed E-state index contributed by atoms with van der Waals surface area (Å²) < 4.78 is 27.3. The van der Waals surface area contributed by atoms with Gasteiger partial charge in [-0.05, 0) is 37.1 Å². The number of halogens is 3. The topological polar surface area (TPSA) is 55.1 Å². The molecule has 0 saturated heterocycles. The number of carbonyl (C=O) groups is 1. The molecular weight excluding hydrogens is 366 g/mol. The Balaban J connectivity index is 0.00000312. The first-order chi connectivity index (χ1) is 11.5. The molecule has 0 aromatic heterocycles. The Labute approximate surface area is 156 Å². The Morgan fingerprint density at radius 1 is 1.20 bits per heavy atom. The van der Waals surface area contributed by atoms with Crippen LogP contribution in [-0.2, 0) is 4.79 Å². The van der Waals surface area contributed by atoms with Crippen LogP contribution in [-0.4, -0.2) is 18.5 Å². The number of amides is 1. The van der Waals surface area contributed by atoms with Crippen molar-refractivity contribution in [3.05, 3.63) is 65.7 Å². The number of rotatable bonds is 7. The van der Waals surface area contributed by atoms with E-state index in [1.165, 1.54) is 0 Å². The molecule has 1 amide bonds. The van der Waals surface area contributed by atoms with Crippen LogP contribution >= 0.6 is 24.2 Å². The standard InChI is InChI=1S/C18H20F2N2OS.ClH/c1-12(21)9-10-22-18(23)17(13-5-3-2-4-6-13)24-16-11-14(19)7-8-15(16)20;/h2-8,11-12,17H,9-10,21H2,1H3,(H,22,23);1H. The predicted octanol–water partition coefficient (Wildman–Crippen LogP) is 4.07. The minimum absolute atomic E-state index is 0. The van der Waals surface area contributed by atoms with Gasteiger partial charge in [0.15, 0.2) is 0 Å². The Bertz CT molecular complexity index is 686. The van der Waals surface area contributed by atoms with Crippen molar-refractivity contribution in [1.82, 2.24) is 5.32 Å². The SMILES string of the molecule is CC(N)CCNC(=O)C(Sc1cc(F)ccc1F)c1ccccc1.Cl. The van der Waals surface area contributed by atoms with Gasteiger partial charge < -0.3 is 11.1 Å². The van der Waals surface area contributed by atoms with Crippen LogP contribution in [0.2, 0.25) is 0 Å². The molecule has 7 heteroatoms. The molecule has 0 heterocycles. The molecular formula is C18H21ClF2N2OS. The number of nitrogens with one attached hydrogen (secondary N) is 1. The summed E-state index contributed by atoms with van der Waals surface area (Å²) >= 11 is 0.991. The highest BCUT2D eigenvalue weighted by Gasteiger charge is 2.23. The Morgan fingerprint density at radius 3 is 2.52 bits per heavy atom. The van der Waals surface area contributed by atoms with Gasteiger partial charge >= 0.3 is 0 Å². The highest BCUT2D eigenvalue weighted by Crippen LogP contribution is 2.37. The summed E-state index contributed by atoms with van der Waals surface area (Å²) in [6.45, 7) is 2.30. The van der Waals surface area contributed by atoms with Crippen molar-refractivity contribution in [2.24, 2.45) is 5.73 Å². The predicted molar refractivity (Wildman–Crippen MR) is 99.9 cm³/mol. The van der Waals surface area contributed by atoms with Crippen molar-refractivity contribution in [3.63, 3.8) is 0 Å². The lowest BCUT2D eigenvalue weighted by Gasteiger charge is -2.18. The van der Waals surface area contributed by atoms with Crippen LogP contribution in [0, 0.1) is 11.6 Å². The van der Waals surface area contributed by atoms with Crippen LogP contribution in [0.15, 0.2) is 53.4 Å². The van der Waals surface area contributed by atoms with Crippen LogP contribution < -0.4 is 11.1 Å². The average molecular weight is 387 g/mol. The zero-order valence-electron chi connectivity index (χ0n) is 13.7. The molecule has 0 bridgehead atoms. The second-order valence-electron chi connectivity index (χ2n) is 5.54. The largest absolute Gasteiger partial charge is 0.355 e. The van der Waals surface area contributed by atoms with Crippen LogP contribution in [0.1, 0.15) is 24.2 Å². The van der Waals surface area contributed by atoms with Gasteiger partial charge in [0.1, 0.15) is 16.9 Å². The number of nitrogens with two attached hydrogens (primary N) is 1. The van der Waals surface area contributed by atoms with Gasteiger partial charge in [-0.25, -0.2) is 8.78 Å². The van der Waals surface area contributed by atoms with Crippen molar-refractivity contribution in [1.29, 1.82) is 0 Å². The Kier molecular flexibility index (Phi) is 8.89. The first-order valence-corrected chi connectivity index (χ1v) is 8.55. The van der Waals surface area contributed by atoms with E-state index in [0.717, 1.165) is 35.5 Å². The quantitative estimate of drug-likeness (QED) is 0.705. The molecule has 2 aromatic carbocycles. The second kappa shape index (κ2) is 10.4. The van der Waals surface area contributed by atoms with E-state index in [9.17, 15) is 13.6 Å². The highest BCUT2D eigenvalue weighted by atomic mass is 35.5. The third kappa shape index (κ3) is 6.65. The molecule has 2 aromatic rings. The van der Waals surface area contributed by atoms with Gasteiger partial charge in [-0.3, -0.25) is 4.79 Å². The summed E-state index contributed by atoms with van der Waals surface area (Å²) in [5.74, 6) is -1.34. The number of thioether (sulfide) groups is 1. The zero-order valence-corrected chi connectivity index (χ0v) is 15.4. The van der Waals surface area contributed by atoms with Gasteiger partial charge in [0.2, 0.25) is 5.91 Å². The van der Waals surface area contributed by atoms with Gasteiger partial charge in [0.25, 0.3) is 0 Å². The Morgan fingerprint density at radius 2 is 1.88 bits per heavy atom. The van der Waals surface area contributed by atoms with Crippen molar-refractivity contribution >= 4 is 30.1 Å². The first kappa shape index (κ1) is 21.4. The van der Waals surface area contributed by atoms with Crippen LogP contribution in [0.4, 0.5) is 8.78 Å². The zero-order chi connectivity index (χ0) is 17.5. The fourth-order valence-electron chi connectivity index (χ4n) is 2.11. The maximum atomic E-state index is 13.9. The van der Waals surface area contributed by atoms with Crippen LogP contribution in [0.25, 0.3) is 0 Å². The summed E-state index contributed by atoms with van der Waals surface area (Å²) in [4.78, 5) is 12.6. The van der Waals surface area contributed by atoms with Crippen LogP contribution in [0.3, 0.4) is 0 Å². The number of hydrogen-bond donors (Lipinski definition) is 2. The lowest BCUT2D eigenvalue weighted by Crippen LogP contribution is -2.31. The van der Waals surface area contributed by atoms with E-state index in [4.69, 9.17) is 5.73 Å². The van der Waals surface area contributed by atoms with Crippen molar-refractivity contribution in [2.45, 2.75) is 29.5 Å². The molecule has 2 rings (SSSR count). The normalized spacial score (nSPS) is 12.8. The summed E-state index contributed by atoms with van der Waals surface area (Å²) in [6, 6.07) is 12.2. The smallest absolute Gasteiger partial charge is 0.237 e. The summed E-state index contributed by atoms with van der Waals surface area (Å²) in [6.07, 6.45) is 0.645. The van der Waals surface area contributed by atoms with Gasteiger partial charge in [-0.15, -0.1) is 24.2 Å². The Hall–Kier alpha value is -1.63. The third-order valence-electron chi connectivity index (χ3n) is 3.38. The minimum Gasteiger partial charge on any atom is -0.355 e. The average Bonchev–Trinajstić information content (AvgIpc) is 2.56.